The van der Waals surface area contributed by atoms with Crippen molar-refractivity contribution in [1.29, 1.82) is 0 Å². The quantitative estimate of drug-likeness (QED) is 0.848. The molecular weight excluding hydrogens is 234 g/mol. The van der Waals surface area contributed by atoms with Crippen molar-refractivity contribution in [1.82, 2.24) is 15.3 Å². The van der Waals surface area contributed by atoms with Gasteiger partial charge in [0.15, 0.2) is 0 Å². The van der Waals surface area contributed by atoms with E-state index >= 15 is 0 Å². The summed E-state index contributed by atoms with van der Waals surface area (Å²) >= 11 is 0. The molecule has 0 bridgehead atoms. The Hall–Kier alpha value is -0.960. The molecule has 0 radical (unpaired) electrons. The molecule has 3 atom stereocenters. The van der Waals surface area contributed by atoms with Gasteiger partial charge < -0.3 is 5.32 Å². The molecule has 19 heavy (non-hydrogen) atoms. The largest absolute Gasteiger partial charge is 0.310 e. The van der Waals surface area contributed by atoms with Crippen LogP contribution in [-0.4, -0.2) is 16.5 Å². The monoisotopic (exact) mass is 261 g/mol. The number of nitrogens with zero attached hydrogens (tertiary/aromatic N) is 2. The second-order valence-corrected chi connectivity index (χ2v) is 5.72. The van der Waals surface area contributed by atoms with Gasteiger partial charge in [0.1, 0.15) is 6.33 Å². The molecule has 0 amide bonds. The van der Waals surface area contributed by atoms with E-state index in [1.165, 1.54) is 44.1 Å². The normalized spacial score (nSPS) is 25.2. The Morgan fingerprint density at radius 2 is 1.95 bits per heavy atom. The summed E-state index contributed by atoms with van der Waals surface area (Å²) in [6.45, 7) is 5.64. The van der Waals surface area contributed by atoms with Crippen molar-refractivity contribution >= 4 is 0 Å². The molecule has 1 aliphatic carbocycles. The Morgan fingerprint density at radius 1 is 1.21 bits per heavy atom. The number of rotatable bonds is 6. The summed E-state index contributed by atoms with van der Waals surface area (Å²) in [6, 6.07) is 0.436. The summed E-state index contributed by atoms with van der Waals surface area (Å²) in [5.41, 5.74) is 1.27. The highest BCUT2D eigenvalue weighted by molar-refractivity contribution is 5.11. The maximum Gasteiger partial charge on any atom is 0.115 e. The SMILES string of the molecule is CCCNC(c1cncnc1)C1CCCCC1CC. The second-order valence-electron chi connectivity index (χ2n) is 5.72. The zero-order chi connectivity index (χ0) is 13.5. The first-order valence-electron chi connectivity index (χ1n) is 7.85. The summed E-state index contributed by atoms with van der Waals surface area (Å²) in [5, 5.41) is 3.74. The van der Waals surface area contributed by atoms with Crippen molar-refractivity contribution < 1.29 is 0 Å². The fourth-order valence-corrected chi connectivity index (χ4v) is 3.47. The van der Waals surface area contributed by atoms with Crippen LogP contribution in [0.3, 0.4) is 0 Å². The molecule has 0 spiro atoms. The summed E-state index contributed by atoms with van der Waals surface area (Å²) in [5.74, 6) is 1.60. The van der Waals surface area contributed by atoms with Gasteiger partial charge in [-0.25, -0.2) is 9.97 Å². The fraction of sp³-hybridized carbons (Fsp3) is 0.750. The number of nitrogens with one attached hydrogen (secondary N) is 1. The first-order valence-corrected chi connectivity index (χ1v) is 7.85. The first-order chi connectivity index (χ1) is 9.36. The minimum atomic E-state index is 0.436. The zero-order valence-corrected chi connectivity index (χ0v) is 12.3. The average molecular weight is 261 g/mol. The van der Waals surface area contributed by atoms with E-state index in [0.717, 1.165) is 18.4 Å². The van der Waals surface area contributed by atoms with Gasteiger partial charge in [0.25, 0.3) is 0 Å². The van der Waals surface area contributed by atoms with Crippen LogP contribution in [0, 0.1) is 11.8 Å². The molecule has 1 aromatic heterocycles. The van der Waals surface area contributed by atoms with Crippen LogP contribution in [0.1, 0.15) is 64.0 Å². The maximum absolute atomic E-state index is 4.21. The van der Waals surface area contributed by atoms with E-state index in [1.54, 1.807) is 6.33 Å². The van der Waals surface area contributed by atoms with Crippen LogP contribution in [0.25, 0.3) is 0 Å². The number of aromatic nitrogens is 2. The van der Waals surface area contributed by atoms with E-state index in [9.17, 15) is 0 Å². The van der Waals surface area contributed by atoms with E-state index in [0.29, 0.717) is 6.04 Å². The van der Waals surface area contributed by atoms with Gasteiger partial charge in [-0.1, -0.05) is 39.5 Å². The predicted octanol–water partition coefficient (Wildman–Crippen LogP) is 3.73. The molecule has 2 rings (SSSR count). The zero-order valence-electron chi connectivity index (χ0n) is 12.3. The van der Waals surface area contributed by atoms with E-state index in [2.05, 4.69) is 29.1 Å². The second kappa shape index (κ2) is 7.59. The van der Waals surface area contributed by atoms with Crippen LogP contribution in [0.15, 0.2) is 18.7 Å². The molecule has 1 aliphatic rings. The molecule has 0 aromatic carbocycles. The van der Waals surface area contributed by atoms with Crippen molar-refractivity contribution in [2.24, 2.45) is 11.8 Å². The van der Waals surface area contributed by atoms with Crippen molar-refractivity contribution in [3.8, 4) is 0 Å². The van der Waals surface area contributed by atoms with Crippen LogP contribution in [0.2, 0.25) is 0 Å². The van der Waals surface area contributed by atoms with Gasteiger partial charge in [-0.05, 0) is 31.2 Å². The lowest BCUT2D eigenvalue weighted by Crippen LogP contribution is -2.35. The van der Waals surface area contributed by atoms with Gasteiger partial charge in [0.2, 0.25) is 0 Å². The van der Waals surface area contributed by atoms with Crippen LogP contribution in [-0.2, 0) is 0 Å². The van der Waals surface area contributed by atoms with Crippen molar-refractivity contribution in [3.05, 3.63) is 24.3 Å². The molecule has 3 nitrogen and oxygen atoms in total. The summed E-state index contributed by atoms with van der Waals surface area (Å²) in [4.78, 5) is 8.42. The fourth-order valence-electron chi connectivity index (χ4n) is 3.47. The van der Waals surface area contributed by atoms with Gasteiger partial charge in [-0.3, -0.25) is 0 Å². The summed E-state index contributed by atoms with van der Waals surface area (Å²) < 4.78 is 0. The van der Waals surface area contributed by atoms with Crippen molar-refractivity contribution in [3.63, 3.8) is 0 Å². The van der Waals surface area contributed by atoms with Crippen molar-refractivity contribution in [2.45, 2.75) is 58.4 Å². The molecule has 1 heterocycles. The van der Waals surface area contributed by atoms with E-state index in [4.69, 9.17) is 0 Å². The van der Waals surface area contributed by atoms with Crippen molar-refractivity contribution in [2.75, 3.05) is 6.54 Å². The lowest BCUT2D eigenvalue weighted by Gasteiger charge is -2.37. The topological polar surface area (TPSA) is 37.8 Å². The maximum atomic E-state index is 4.21. The Bertz CT molecular complexity index is 352. The number of hydrogen-bond donors (Lipinski definition) is 1. The Kier molecular flexibility index (Phi) is 5.77. The van der Waals surface area contributed by atoms with Crippen LogP contribution >= 0.6 is 0 Å². The van der Waals surface area contributed by atoms with Crippen LogP contribution in [0.4, 0.5) is 0 Å². The lowest BCUT2D eigenvalue weighted by molar-refractivity contribution is 0.175. The summed E-state index contributed by atoms with van der Waals surface area (Å²) in [6.07, 6.45) is 13.6. The smallest absolute Gasteiger partial charge is 0.115 e. The molecule has 1 saturated carbocycles. The number of hydrogen-bond acceptors (Lipinski definition) is 3. The van der Waals surface area contributed by atoms with Crippen LogP contribution < -0.4 is 5.32 Å². The minimum Gasteiger partial charge on any atom is -0.310 e. The average Bonchev–Trinajstić information content (AvgIpc) is 2.49. The van der Waals surface area contributed by atoms with Gasteiger partial charge in [0.05, 0.1) is 0 Å². The highest BCUT2D eigenvalue weighted by Gasteiger charge is 2.31. The molecule has 106 valence electrons. The lowest BCUT2D eigenvalue weighted by atomic mass is 9.72. The summed E-state index contributed by atoms with van der Waals surface area (Å²) in [7, 11) is 0. The highest BCUT2D eigenvalue weighted by atomic mass is 14.9. The Labute approximate surface area is 117 Å². The molecule has 1 fully saturated rings. The van der Waals surface area contributed by atoms with E-state index < -0.39 is 0 Å². The first kappa shape index (κ1) is 14.4. The standard InChI is InChI=1S/C16H27N3/c1-3-9-19-16(14-10-17-12-18-11-14)15-8-6-5-7-13(15)4-2/h10-13,15-16,19H,3-9H2,1-2H3. The van der Waals surface area contributed by atoms with Gasteiger partial charge in [-0.2, -0.15) is 0 Å². The highest BCUT2D eigenvalue weighted by Crippen LogP contribution is 2.39. The molecule has 3 unspecified atom stereocenters. The third-order valence-electron chi connectivity index (χ3n) is 4.47. The third kappa shape index (κ3) is 3.75. The van der Waals surface area contributed by atoms with Gasteiger partial charge in [0, 0.05) is 24.0 Å². The van der Waals surface area contributed by atoms with Crippen LogP contribution in [0.5, 0.6) is 0 Å². The molecule has 0 saturated heterocycles. The molecule has 1 aromatic rings. The van der Waals surface area contributed by atoms with E-state index in [1.807, 2.05) is 12.4 Å². The minimum absolute atomic E-state index is 0.436. The van der Waals surface area contributed by atoms with Gasteiger partial charge in [-0.15, -0.1) is 0 Å². The van der Waals surface area contributed by atoms with Gasteiger partial charge >= 0.3 is 0 Å². The Balaban J connectivity index is 2.16. The molecular formula is C16H27N3. The predicted molar refractivity (Wildman–Crippen MR) is 78.8 cm³/mol. The Morgan fingerprint density at radius 3 is 2.63 bits per heavy atom. The third-order valence-corrected chi connectivity index (χ3v) is 4.47. The molecule has 1 N–H and O–H groups in total. The molecule has 0 aliphatic heterocycles. The molecule has 3 heteroatoms. The van der Waals surface area contributed by atoms with E-state index in [-0.39, 0.29) is 0 Å².